The molecule has 1 aromatic rings. The van der Waals surface area contributed by atoms with E-state index >= 15 is 0 Å². The van der Waals surface area contributed by atoms with Crippen LogP contribution in [0.15, 0.2) is 24.3 Å². The SMILES string of the molecule is CC(=O)CC(=O)O.Nc1ccccc1C(=O)O. The summed E-state index contributed by atoms with van der Waals surface area (Å²) in [6.07, 6.45) is -0.361. The van der Waals surface area contributed by atoms with E-state index in [4.69, 9.17) is 15.9 Å². The molecule has 0 heterocycles. The van der Waals surface area contributed by atoms with E-state index in [2.05, 4.69) is 0 Å². The Balaban J connectivity index is 0.000000325. The first kappa shape index (κ1) is 14.6. The van der Waals surface area contributed by atoms with Gasteiger partial charge in [0.2, 0.25) is 0 Å². The van der Waals surface area contributed by atoms with Crippen LogP contribution in [0, 0.1) is 0 Å². The summed E-state index contributed by atoms with van der Waals surface area (Å²) in [5, 5.41) is 16.3. The Bertz CT molecular complexity index is 416. The lowest BCUT2D eigenvalue weighted by atomic mass is 10.2. The molecule has 0 saturated heterocycles. The summed E-state index contributed by atoms with van der Waals surface area (Å²) in [4.78, 5) is 29.8. The second-order valence-corrected chi connectivity index (χ2v) is 3.16. The molecule has 0 spiro atoms. The third-order valence-electron chi connectivity index (χ3n) is 1.59. The van der Waals surface area contributed by atoms with Gasteiger partial charge in [-0.3, -0.25) is 9.59 Å². The first-order chi connectivity index (χ1) is 7.84. The molecule has 0 aromatic heterocycles. The first-order valence-corrected chi connectivity index (χ1v) is 4.63. The van der Waals surface area contributed by atoms with Crippen molar-refractivity contribution in [2.24, 2.45) is 0 Å². The zero-order valence-electron chi connectivity index (χ0n) is 9.21. The molecule has 0 fully saturated rings. The normalized spacial score (nSPS) is 8.76. The van der Waals surface area contributed by atoms with Crippen LogP contribution in [-0.2, 0) is 9.59 Å². The molecule has 0 aliphatic heterocycles. The summed E-state index contributed by atoms with van der Waals surface area (Å²) in [5.74, 6) is -2.36. The van der Waals surface area contributed by atoms with Crippen LogP contribution in [0.1, 0.15) is 23.7 Å². The van der Waals surface area contributed by atoms with Gasteiger partial charge < -0.3 is 15.9 Å². The monoisotopic (exact) mass is 239 g/mol. The smallest absolute Gasteiger partial charge is 0.337 e. The van der Waals surface area contributed by atoms with E-state index in [9.17, 15) is 14.4 Å². The van der Waals surface area contributed by atoms with Gasteiger partial charge in [0.1, 0.15) is 12.2 Å². The van der Waals surface area contributed by atoms with Crippen LogP contribution in [0.2, 0.25) is 0 Å². The van der Waals surface area contributed by atoms with Gasteiger partial charge in [0, 0.05) is 5.69 Å². The second-order valence-electron chi connectivity index (χ2n) is 3.16. The fourth-order valence-electron chi connectivity index (χ4n) is 0.905. The molecule has 0 atom stereocenters. The third-order valence-corrected chi connectivity index (χ3v) is 1.59. The van der Waals surface area contributed by atoms with Gasteiger partial charge in [0.05, 0.1) is 5.56 Å². The summed E-state index contributed by atoms with van der Waals surface area (Å²) in [7, 11) is 0. The molecule has 6 heteroatoms. The van der Waals surface area contributed by atoms with Crippen LogP contribution in [0.25, 0.3) is 0 Å². The lowest BCUT2D eigenvalue weighted by Crippen LogP contribution is -2.00. The average Bonchev–Trinajstić information content (AvgIpc) is 2.16. The number of benzene rings is 1. The van der Waals surface area contributed by atoms with Crippen molar-refractivity contribution in [3.05, 3.63) is 29.8 Å². The summed E-state index contributed by atoms with van der Waals surface area (Å²) in [6, 6.07) is 6.36. The number of nitrogen functional groups attached to an aromatic ring is 1. The van der Waals surface area contributed by atoms with E-state index in [1.807, 2.05) is 0 Å². The minimum atomic E-state index is -1.06. The molecule has 0 radical (unpaired) electrons. The number of carboxylic acids is 2. The van der Waals surface area contributed by atoms with Gasteiger partial charge in [0.15, 0.2) is 0 Å². The summed E-state index contributed by atoms with van der Waals surface area (Å²) in [6.45, 7) is 1.24. The fourth-order valence-corrected chi connectivity index (χ4v) is 0.905. The zero-order valence-corrected chi connectivity index (χ0v) is 9.21. The van der Waals surface area contributed by atoms with Crippen LogP contribution in [0.5, 0.6) is 0 Å². The second kappa shape index (κ2) is 7.00. The fraction of sp³-hybridized carbons (Fsp3) is 0.182. The van der Waals surface area contributed by atoms with E-state index in [1.54, 1.807) is 18.2 Å². The lowest BCUT2D eigenvalue weighted by molar-refractivity contribution is -0.139. The van der Waals surface area contributed by atoms with Crippen LogP contribution in [0.4, 0.5) is 5.69 Å². The molecule has 1 aromatic carbocycles. The van der Waals surface area contributed by atoms with Crippen molar-refractivity contribution in [3.63, 3.8) is 0 Å². The molecule has 4 N–H and O–H groups in total. The van der Waals surface area contributed by atoms with Crippen molar-refractivity contribution >= 4 is 23.4 Å². The Morgan fingerprint density at radius 1 is 1.18 bits per heavy atom. The quantitative estimate of drug-likeness (QED) is 0.535. The van der Waals surface area contributed by atoms with Crippen molar-refractivity contribution in [1.82, 2.24) is 0 Å². The summed E-state index contributed by atoms with van der Waals surface area (Å²) in [5.41, 5.74) is 5.80. The van der Waals surface area contributed by atoms with Crippen molar-refractivity contribution in [1.29, 1.82) is 0 Å². The highest BCUT2D eigenvalue weighted by atomic mass is 16.4. The van der Waals surface area contributed by atoms with Crippen molar-refractivity contribution < 1.29 is 24.6 Å². The molecule has 0 aliphatic carbocycles. The Labute approximate surface area is 97.7 Å². The number of aromatic carboxylic acids is 1. The van der Waals surface area contributed by atoms with Crippen LogP contribution < -0.4 is 5.73 Å². The van der Waals surface area contributed by atoms with Crippen molar-refractivity contribution in [2.45, 2.75) is 13.3 Å². The number of rotatable bonds is 3. The number of carbonyl (C=O) groups excluding carboxylic acids is 1. The van der Waals surface area contributed by atoms with E-state index < -0.39 is 11.9 Å². The lowest BCUT2D eigenvalue weighted by Gasteiger charge is -1.96. The maximum absolute atomic E-state index is 10.3. The summed E-state index contributed by atoms with van der Waals surface area (Å²) >= 11 is 0. The molecule has 0 amide bonds. The van der Waals surface area contributed by atoms with E-state index in [0.29, 0.717) is 5.69 Å². The molecule has 6 nitrogen and oxygen atoms in total. The molecule has 1 rings (SSSR count). The molecular formula is C11H13NO5. The number of nitrogens with two attached hydrogens (primary N) is 1. The number of aliphatic carboxylic acids is 1. The molecule has 17 heavy (non-hydrogen) atoms. The van der Waals surface area contributed by atoms with E-state index in [1.165, 1.54) is 13.0 Å². The minimum absolute atomic E-state index is 0.155. The Morgan fingerprint density at radius 2 is 1.71 bits per heavy atom. The van der Waals surface area contributed by atoms with Gasteiger partial charge in [0.25, 0.3) is 0 Å². The van der Waals surface area contributed by atoms with Gasteiger partial charge in [-0.2, -0.15) is 0 Å². The standard InChI is InChI=1S/C7H7NO2.C4H6O3/c8-6-4-2-1-3-5(6)7(9)10;1-3(5)2-4(6)7/h1-4H,8H2,(H,9,10);2H2,1H3,(H,6,7). The van der Waals surface area contributed by atoms with Gasteiger partial charge in [-0.05, 0) is 19.1 Å². The highest BCUT2D eigenvalue weighted by Crippen LogP contribution is 2.08. The largest absolute Gasteiger partial charge is 0.481 e. The number of carbonyl (C=O) groups is 3. The topological polar surface area (TPSA) is 118 Å². The van der Waals surface area contributed by atoms with Crippen molar-refractivity contribution in [3.8, 4) is 0 Å². The Morgan fingerprint density at radius 3 is 1.94 bits per heavy atom. The molecule has 0 bridgehead atoms. The Kier molecular flexibility index (Phi) is 6.02. The van der Waals surface area contributed by atoms with E-state index in [0.717, 1.165) is 0 Å². The number of Topliss-reactive ketones (excluding diaryl/α,β-unsaturated/α-hetero) is 1. The van der Waals surface area contributed by atoms with Crippen LogP contribution in [0.3, 0.4) is 0 Å². The molecule has 0 unspecified atom stereocenters. The molecule has 0 aliphatic rings. The number of hydrogen-bond acceptors (Lipinski definition) is 4. The van der Waals surface area contributed by atoms with Crippen LogP contribution >= 0.6 is 0 Å². The molecular weight excluding hydrogens is 226 g/mol. The average molecular weight is 239 g/mol. The Hall–Kier alpha value is -2.37. The number of ketones is 1. The zero-order chi connectivity index (χ0) is 13.4. The minimum Gasteiger partial charge on any atom is -0.481 e. The predicted octanol–water partition coefficient (Wildman–Crippen LogP) is 1.02. The van der Waals surface area contributed by atoms with Crippen molar-refractivity contribution in [2.75, 3.05) is 5.73 Å². The molecule has 92 valence electrons. The van der Waals surface area contributed by atoms with Gasteiger partial charge >= 0.3 is 11.9 Å². The highest BCUT2D eigenvalue weighted by molar-refractivity contribution is 5.93. The first-order valence-electron chi connectivity index (χ1n) is 4.63. The maximum atomic E-state index is 10.3. The highest BCUT2D eigenvalue weighted by Gasteiger charge is 2.03. The van der Waals surface area contributed by atoms with Gasteiger partial charge in [-0.25, -0.2) is 4.79 Å². The molecule has 0 saturated carbocycles. The summed E-state index contributed by atoms with van der Waals surface area (Å²) < 4.78 is 0. The number of anilines is 1. The number of hydrogen-bond donors (Lipinski definition) is 3. The van der Waals surface area contributed by atoms with Crippen LogP contribution in [-0.4, -0.2) is 27.9 Å². The number of carboxylic acid groups (broad SMARTS) is 2. The third kappa shape index (κ3) is 6.67. The predicted molar refractivity (Wildman–Crippen MR) is 60.7 cm³/mol. The van der Waals surface area contributed by atoms with Gasteiger partial charge in [-0.1, -0.05) is 12.1 Å². The maximum Gasteiger partial charge on any atom is 0.337 e. The number of para-hydroxylation sites is 1. The van der Waals surface area contributed by atoms with Gasteiger partial charge in [-0.15, -0.1) is 0 Å². The van der Waals surface area contributed by atoms with E-state index in [-0.39, 0.29) is 17.8 Å².